The molecule has 1 unspecified atom stereocenters. The summed E-state index contributed by atoms with van der Waals surface area (Å²) >= 11 is 0. The maximum atomic E-state index is 11.7. The highest BCUT2D eigenvalue weighted by atomic mass is 32.2. The summed E-state index contributed by atoms with van der Waals surface area (Å²) in [5.74, 6) is 1.45. The van der Waals surface area contributed by atoms with E-state index in [4.69, 9.17) is 0 Å². The summed E-state index contributed by atoms with van der Waals surface area (Å²) in [4.78, 5) is 21.8. The second-order valence-corrected chi connectivity index (χ2v) is 8.40. The quantitative estimate of drug-likeness (QED) is 0.816. The predicted molar refractivity (Wildman–Crippen MR) is 97.2 cm³/mol. The average molecular weight is 360 g/mol. The Hall–Kier alpha value is -2.48. The lowest BCUT2D eigenvalue weighted by atomic mass is 10.1. The number of anilines is 3. The van der Waals surface area contributed by atoms with Crippen LogP contribution < -0.4 is 10.2 Å². The van der Waals surface area contributed by atoms with Gasteiger partial charge in [-0.3, -0.25) is 4.79 Å². The lowest BCUT2D eigenvalue weighted by molar-refractivity contribution is 0.101. The fourth-order valence-corrected chi connectivity index (χ4v) is 4.54. The second kappa shape index (κ2) is 6.79. The molecule has 0 aliphatic carbocycles. The van der Waals surface area contributed by atoms with Crippen LogP contribution in [0, 0.1) is 0 Å². The first-order valence-corrected chi connectivity index (χ1v) is 9.80. The van der Waals surface area contributed by atoms with Crippen molar-refractivity contribution in [3.05, 3.63) is 42.1 Å². The van der Waals surface area contributed by atoms with Crippen molar-refractivity contribution in [2.75, 3.05) is 28.8 Å². The van der Waals surface area contributed by atoms with E-state index in [0.717, 1.165) is 5.69 Å². The number of hydrogen-bond acceptors (Lipinski definition) is 7. The van der Waals surface area contributed by atoms with Gasteiger partial charge in [0, 0.05) is 30.5 Å². The van der Waals surface area contributed by atoms with Gasteiger partial charge >= 0.3 is 0 Å². The molecule has 8 heteroatoms. The highest BCUT2D eigenvalue weighted by Crippen LogP contribution is 2.22. The molecule has 3 rings (SSSR count). The Morgan fingerprint density at radius 2 is 1.96 bits per heavy atom. The zero-order chi connectivity index (χ0) is 18.0. The van der Waals surface area contributed by atoms with Crippen LogP contribution in [0.2, 0.25) is 0 Å². The molecule has 1 aliphatic rings. The number of ketones is 1. The lowest BCUT2D eigenvalue weighted by Crippen LogP contribution is -2.33. The number of benzene rings is 1. The summed E-state index contributed by atoms with van der Waals surface area (Å²) in [5.41, 5.74) is 1.46. The van der Waals surface area contributed by atoms with E-state index in [0.29, 0.717) is 23.8 Å². The van der Waals surface area contributed by atoms with Gasteiger partial charge < -0.3 is 10.2 Å². The van der Waals surface area contributed by atoms with Gasteiger partial charge in [0.1, 0.15) is 5.82 Å². The van der Waals surface area contributed by atoms with Gasteiger partial charge in [0.05, 0.1) is 11.5 Å². The summed E-state index contributed by atoms with van der Waals surface area (Å²) in [5, 5.41) is 3.16. The first kappa shape index (κ1) is 17.3. The fraction of sp³-hybridized carbons (Fsp3) is 0.353. The van der Waals surface area contributed by atoms with E-state index < -0.39 is 9.84 Å². The van der Waals surface area contributed by atoms with Gasteiger partial charge in [-0.05, 0) is 43.7 Å². The Labute approximate surface area is 147 Å². The van der Waals surface area contributed by atoms with Crippen LogP contribution in [0.25, 0.3) is 0 Å². The third-order valence-electron chi connectivity index (χ3n) is 4.28. The number of carbonyl (C=O) groups excluding carboxylic acids is 1. The fourth-order valence-electron chi connectivity index (χ4n) is 2.77. The van der Waals surface area contributed by atoms with E-state index in [1.54, 1.807) is 24.4 Å². The van der Waals surface area contributed by atoms with Gasteiger partial charge in [0.25, 0.3) is 0 Å². The largest absolute Gasteiger partial charge is 0.340 e. The number of carbonyl (C=O) groups is 1. The maximum absolute atomic E-state index is 11.7. The third-order valence-corrected chi connectivity index (χ3v) is 6.03. The minimum Gasteiger partial charge on any atom is -0.340 e. The third kappa shape index (κ3) is 4.14. The Bertz CT molecular complexity index is 881. The molecule has 1 aromatic heterocycles. The summed E-state index contributed by atoms with van der Waals surface area (Å²) in [7, 11) is -1.15. The average Bonchev–Trinajstić information content (AvgIpc) is 2.95. The van der Waals surface area contributed by atoms with E-state index in [2.05, 4.69) is 15.3 Å². The van der Waals surface area contributed by atoms with Gasteiger partial charge in [0.2, 0.25) is 5.95 Å². The standard InChI is InChI=1S/C17H20N4O3S/c1-12(22)13-3-5-14(6-4-13)19-16-7-9-18-17(20-16)21(2)15-8-10-25(23,24)11-15/h3-7,9,15H,8,10-11H2,1-2H3,(H,18,19,20). The summed E-state index contributed by atoms with van der Waals surface area (Å²) < 4.78 is 23.3. The van der Waals surface area contributed by atoms with Crippen LogP contribution in [-0.2, 0) is 9.84 Å². The molecule has 0 bridgehead atoms. The van der Waals surface area contributed by atoms with Crippen LogP contribution in [0.1, 0.15) is 23.7 Å². The maximum Gasteiger partial charge on any atom is 0.227 e. The molecule has 1 atom stereocenters. The van der Waals surface area contributed by atoms with Crippen molar-refractivity contribution in [2.45, 2.75) is 19.4 Å². The number of aromatic nitrogens is 2. The number of sulfone groups is 1. The SMILES string of the molecule is CC(=O)c1ccc(Nc2ccnc(N(C)C3CCS(=O)(=O)C3)n2)cc1. The van der Waals surface area contributed by atoms with Crippen LogP contribution >= 0.6 is 0 Å². The number of Topliss-reactive ketones (excluding diaryl/α,β-unsaturated/α-hetero) is 1. The van der Waals surface area contributed by atoms with Crippen molar-refractivity contribution in [2.24, 2.45) is 0 Å². The molecular formula is C17H20N4O3S. The van der Waals surface area contributed by atoms with Crippen LogP contribution in [0.4, 0.5) is 17.5 Å². The minimum absolute atomic E-state index is 0.0176. The molecule has 0 saturated carbocycles. The van der Waals surface area contributed by atoms with Crippen LogP contribution in [-0.4, -0.2) is 48.8 Å². The summed E-state index contributed by atoms with van der Waals surface area (Å²) in [6, 6.07) is 8.76. The molecule has 0 radical (unpaired) electrons. The summed E-state index contributed by atoms with van der Waals surface area (Å²) in [6.45, 7) is 1.53. The van der Waals surface area contributed by atoms with Crippen LogP contribution in [0.15, 0.2) is 36.5 Å². The highest BCUT2D eigenvalue weighted by molar-refractivity contribution is 7.91. The van der Waals surface area contributed by atoms with Crippen molar-refractivity contribution in [3.63, 3.8) is 0 Å². The zero-order valence-corrected chi connectivity index (χ0v) is 15.0. The Kier molecular flexibility index (Phi) is 4.71. The number of nitrogens with zero attached hydrogens (tertiary/aromatic N) is 3. The predicted octanol–water partition coefficient (Wildman–Crippen LogP) is 2.05. The normalized spacial score (nSPS) is 18.7. The monoisotopic (exact) mass is 360 g/mol. The van der Waals surface area contributed by atoms with E-state index >= 15 is 0 Å². The smallest absolute Gasteiger partial charge is 0.227 e. The molecule has 0 amide bonds. The number of nitrogens with one attached hydrogen (secondary N) is 1. The minimum atomic E-state index is -2.96. The molecule has 0 spiro atoms. The van der Waals surface area contributed by atoms with E-state index in [1.807, 2.05) is 24.1 Å². The Morgan fingerprint density at radius 1 is 1.24 bits per heavy atom. The van der Waals surface area contributed by atoms with Gasteiger partial charge in [0.15, 0.2) is 15.6 Å². The van der Waals surface area contributed by atoms with E-state index in [-0.39, 0.29) is 23.3 Å². The van der Waals surface area contributed by atoms with Gasteiger partial charge in [-0.15, -0.1) is 0 Å². The van der Waals surface area contributed by atoms with Gasteiger partial charge in [-0.1, -0.05) is 0 Å². The van der Waals surface area contributed by atoms with Crippen molar-refractivity contribution in [3.8, 4) is 0 Å². The first-order valence-electron chi connectivity index (χ1n) is 7.98. The molecule has 1 aromatic carbocycles. The molecule has 2 heterocycles. The number of rotatable bonds is 5. The highest BCUT2D eigenvalue weighted by Gasteiger charge is 2.31. The Morgan fingerprint density at radius 3 is 2.56 bits per heavy atom. The topological polar surface area (TPSA) is 92.3 Å². The van der Waals surface area contributed by atoms with E-state index in [9.17, 15) is 13.2 Å². The molecular weight excluding hydrogens is 340 g/mol. The molecule has 25 heavy (non-hydrogen) atoms. The molecule has 1 N–H and O–H groups in total. The molecule has 2 aromatic rings. The molecule has 7 nitrogen and oxygen atoms in total. The second-order valence-electron chi connectivity index (χ2n) is 6.17. The first-order chi connectivity index (χ1) is 11.8. The van der Waals surface area contributed by atoms with Crippen LogP contribution in [0.5, 0.6) is 0 Å². The molecule has 132 valence electrons. The lowest BCUT2D eigenvalue weighted by Gasteiger charge is -2.23. The van der Waals surface area contributed by atoms with Crippen molar-refractivity contribution < 1.29 is 13.2 Å². The summed E-state index contributed by atoms with van der Waals surface area (Å²) in [6.07, 6.45) is 2.22. The molecule has 1 saturated heterocycles. The number of hydrogen-bond donors (Lipinski definition) is 1. The van der Waals surface area contributed by atoms with Gasteiger partial charge in [-0.25, -0.2) is 13.4 Å². The van der Waals surface area contributed by atoms with E-state index in [1.165, 1.54) is 6.92 Å². The van der Waals surface area contributed by atoms with Crippen molar-refractivity contribution in [1.29, 1.82) is 0 Å². The van der Waals surface area contributed by atoms with Crippen molar-refractivity contribution in [1.82, 2.24) is 9.97 Å². The molecule has 1 fully saturated rings. The van der Waals surface area contributed by atoms with Gasteiger partial charge in [-0.2, -0.15) is 4.98 Å². The van der Waals surface area contributed by atoms with Crippen molar-refractivity contribution >= 4 is 33.1 Å². The molecule has 1 aliphatic heterocycles. The zero-order valence-electron chi connectivity index (χ0n) is 14.1. The Balaban J connectivity index is 1.74. The van der Waals surface area contributed by atoms with Crippen LogP contribution in [0.3, 0.4) is 0 Å².